The van der Waals surface area contributed by atoms with Gasteiger partial charge in [-0.05, 0) is 0 Å². The van der Waals surface area contributed by atoms with Crippen LogP contribution in [0.25, 0.3) is 0 Å². The van der Waals surface area contributed by atoms with Crippen LogP contribution in [0, 0.1) is 0 Å². The molecule has 2 rings (SSSR count). The maximum absolute atomic E-state index is 10.9. The Morgan fingerprint density at radius 3 is 2.61 bits per heavy atom. The molecule has 100 valence electrons. The predicted molar refractivity (Wildman–Crippen MR) is 55.4 cm³/mol. The van der Waals surface area contributed by atoms with Crippen molar-refractivity contribution in [1.82, 2.24) is 9.55 Å². The van der Waals surface area contributed by atoms with Gasteiger partial charge in [-0.1, -0.05) is 0 Å². The Morgan fingerprint density at radius 2 is 2.17 bits per heavy atom. The highest BCUT2D eigenvalue weighted by Gasteiger charge is 2.44. The summed E-state index contributed by atoms with van der Waals surface area (Å²) in [4.78, 5) is 14.5. The number of aliphatic hydroxyl groups excluding tert-OH is 3. The van der Waals surface area contributed by atoms with Gasteiger partial charge in [0, 0.05) is 0 Å². The quantitative estimate of drug-likeness (QED) is 0.396. The molecule has 9 nitrogen and oxygen atoms in total. The SMILES string of the molecule is NC(=O)c1ncn([C@H]2O[C@H](CO)[C@H](O)[C@@H]2O)c1O. The van der Waals surface area contributed by atoms with Crippen LogP contribution >= 0.6 is 0 Å². The zero-order valence-corrected chi connectivity index (χ0v) is 9.17. The van der Waals surface area contributed by atoms with Crippen LogP contribution in [-0.2, 0) is 4.74 Å². The number of aromatic nitrogens is 2. The average molecular weight is 259 g/mol. The Bertz CT molecular complexity index is 461. The molecule has 18 heavy (non-hydrogen) atoms. The van der Waals surface area contributed by atoms with Crippen molar-refractivity contribution in [3.63, 3.8) is 0 Å². The number of aromatic hydroxyl groups is 1. The summed E-state index contributed by atoms with van der Waals surface area (Å²) in [6.07, 6.45) is -3.76. The molecule has 1 aromatic heterocycles. The number of rotatable bonds is 3. The normalized spacial score (nSPS) is 31.7. The van der Waals surface area contributed by atoms with E-state index in [0.29, 0.717) is 0 Å². The fraction of sp³-hybridized carbons (Fsp3) is 0.556. The Morgan fingerprint density at radius 1 is 1.50 bits per heavy atom. The topological polar surface area (TPSA) is 151 Å². The maximum atomic E-state index is 10.9. The molecule has 1 amide bonds. The zero-order valence-electron chi connectivity index (χ0n) is 9.17. The third-order valence-corrected chi connectivity index (χ3v) is 2.79. The standard InChI is InChI=1S/C9H13N3O6/c10-7(16)4-8(17)12(2-11-4)9-6(15)5(14)3(1-13)18-9/h2-3,5-6,9,13-15,17H,1H2,(H2,10,16)/t3-,5+,6+,9+/m1/s1. The van der Waals surface area contributed by atoms with Crippen LogP contribution in [-0.4, -0.2) is 60.8 Å². The molecule has 1 fully saturated rings. The summed E-state index contributed by atoms with van der Waals surface area (Å²) in [7, 11) is 0. The predicted octanol–water partition coefficient (Wildman–Crippen LogP) is -2.70. The van der Waals surface area contributed by atoms with Gasteiger partial charge in [0.05, 0.1) is 6.61 Å². The lowest BCUT2D eigenvalue weighted by Gasteiger charge is -2.16. The highest BCUT2D eigenvalue weighted by atomic mass is 16.6. The summed E-state index contributed by atoms with van der Waals surface area (Å²) >= 11 is 0. The van der Waals surface area contributed by atoms with Crippen molar-refractivity contribution in [3.05, 3.63) is 12.0 Å². The highest BCUT2D eigenvalue weighted by molar-refractivity contribution is 5.92. The van der Waals surface area contributed by atoms with Crippen molar-refractivity contribution < 1.29 is 30.0 Å². The van der Waals surface area contributed by atoms with E-state index in [-0.39, 0.29) is 5.69 Å². The van der Waals surface area contributed by atoms with E-state index in [1.165, 1.54) is 0 Å². The summed E-state index contributed by atoms with van der Waals surface area (Å²) in [6, 6.07) is 0. The van der Waals surface area contributed by atoms with Gasteiger partial charge in [0.2, 0.25) is 5.88 Å². The zero-order chi connectivity index (χ0) is 13.4. The Balaban J connectivity index is 2.30. The Kier molecular flexibility index (Phi) is 3.22. The van der Waals surface area contributed by atoms with Gasteiger partial charge in [-0.15, -0.1) is 0 Å². The van der Waals surface area contributed by atoms with E-state index < -0.39 is 42.9 Å². The number of ether oxygens (including phenoxy) is 1. The molecule has 0 radical (unpaired) electrons. The molecule has 2 heterocycles. The Labute approximate surface area is 101 Å². The van der Waals surface area contributed by atoms with Crippen molar-refractivity contribution in [2.45, 2.75) is 24.5 Å². The van der Waals surface area contributed by atoms with Crippen LogP contribution in [0.4, 0.5) is 0 Å². The van der Waals surface area contributed by atoms with E-state index in [0.717, 1.165) is 10.9 Å². The summed E-state index contributed by atoms with van der Waals surface area (Å²) in [5.74, 6) is -1.50. The lowest BCUT2D eigenvalue weighted by atomic mass is 10.1. The second kappa shape index (κ2) is 4.53. The van der Waals surface area contributed by atoms with Gasteiger partial charge in [0.25, 0.3) is 5.91 Å². The number of carbonyl (C=O) groups excluding carboxylic acids is 1. The van der Waals surface area contributed by atoms with Crippen LogP contribution in [0.5, 0.6) is 5.88 Å². The van der Waals surface area contributed by atoms with E-state index >= 15 is 0 Å². The van der Waals surface area contributed by atoms with E-state index in [9.17, 15) is 20.1 Å². The monoisotopic (exact) mass is 259 g/mol. The van der Waals surface area contributed by atoms with Crippen molar-refractivity contribution >= 4 is 5.91 Å². The molecule has 0 spiro atoms. The van der Waals surface area contributed by atoms with E-state index in [4.69, 9.17) is 15.6 Å². The molecular weight excluding hydrogens is 246 g/mol. The first-order chi connectivity index (χ1) is 8.47. The smallest absolute Gasteiger partial charge is 0.272 e. The number of amides is 1. The molecule has 0 aliphatic carbocycles. The summed E-state index contributed by atoms with van der Waals surface area (Å²) in [6.45, 7) is -0.493. The molecule has 0 bridgehead atoms. The lowest BCUT2D eigenvalue weighted by Crippen LogP contribution is -2.33. The van der Waals surface area contributed by atoms with Gasteiger partial charge in [-0.2, -0.15) is 0 Å². The minimum Gasteiger partial charge on any atom is -0.493 e. The fourth-order valence-corrected chi connectivity index (χ4v) is 1.82. The molecular formula is C9H13N3O6. The molecule has 0 saturated carbocycles. The number of aliphatic hydroxyl groups is 3. The van der Waals surface area contributed by atoms with Gasteiger partial charge in [-0.25, -0.2) is 4.98 Å². The van der Waals surface area contributed by atoms with Crippen molar-refractivity contribution in [2.24, 2.45) is 5.73 Å². The minimum absolute atomic E-state index is 0.368. The number of nitrogens with two attached hydrogens (primary N) is 1. The van der Waals surface area contributed by atoms with Crippen LogP contribution < -0.4 is 5.73 Å². The van der Waals surface area contributed by atoms with Gasteiger partial charge in [-0.3, -0.25) is 9.36 Å². The van der Waals surface area contributed by atoms with Gasteiger partial charge in [0.1, 0.15) is 24.6 Å². The molecule has 6 N–H and O–H groups in total. The number of hydrogen-bond donors (Lipinski definition) is 5. The number of hydrogen-bond acceptors (Lipinski definition) is 7. The summed E-state index contributed by atoms with van der Waals surface area (Å²) < 4.78 is 6.12. The first-order valence-corrected chi connectivity index (χ1v) is 5.15. The third kappa shape index (κ3) is 1.82. The van der Waals surface area contributed by atoms with Gasteiger partial charge in [0.15, 0.2) is 11.9 Å². The van der Waals surface area contributed by atoms with Crippen molar-refractivity contribution in [3.8, 4) is 5.88 Å². The van der Waals surface area contributed by atoms with Crippen LogP contribution in [0.15, 0.2) is 6.33 Å². The van der Waals surface area contributed by atoms with Gasteiger partial charge < -0.3 is 30.9 Å². The third-order valence-electron chi connectivity index (χ3n) is 2.79. The number of nitrogens with zero attached hydrogens (tertiary/aromatic N) is 2. The highest BCUT2D eigenvalue weighted by Crippen LogP contribution is 2.32. The first kappa shape index (κ1) is 12.8. The van der Waals surface area contributed by atoms with E-state index in [1.54, 1.807) is 0 Å². The number of carbonyl (C=O) groups is 1. The molecule has 0 unspecified atom stereocenters. The molecule has 1 saturated heterocycles. The maximum Gasteiger partial charge on any atom is 0.272 e. The Hall–Kier alpha value is -1.68. The van der Waals surface area contributed by atoms with E-state index in [2.05, 4.69) is 4.98 Å². The van der Waals surface area contributed by atoms with Crippen molar-refractivity contribution in [2.75, 3.05) is 6.61 Å². The van der Waals surface area contributed by atoms with E-state index in [1.807, 2.05) is 0 Å². The molecule has 1 aliphatic rings. The average Bonchev–Trinajstić information content (AvgIpc) is 2.82. The fourth-order valence-electron chi connectivity index (χ4n) is 1.82. The summed E-state index contributed by atoms with van der Waals surface area (Å²) in [5, 5.41) is 37.9. The van der Waals surface area contributed by atoms with Gasteiger partial charge >= 0.3 is 0 Å². The lowest BCUT2D eigenvalue weighted by molar-refractivity contribution is -0.0553. The van der Waals surface area contributed by atoms with Crippen LogP contribution in [0.1, 0.15) is 16.7 Å². The first-order valence-electron chi connectivity index (χ1n) is 5.15. The molecule has 1 aliphatic heterocycles. The summed E-state index contributed by atoms with van der Waals surface area (Å²) in [5.41, 5.74) is 4.61. The van der Waals surface area contributed by atoms with Crippen molar-refractivity contribution in [1.29, 1.82) is 0 Å². The number of imidazole rings is 1. The molecule has 0 aromatic carbocycles. The minimum atomic E-state index is -1.37. The van der Waals surface area contributed by atoms with Crippen LogP contribution in [0.3, 0.4) is 0 Å². The second-order valence-corrected chi connectivity index (χ2v) is 3.92. The second-order valence-electron chi connectivity index (χ2n) is 3.92. The molecule has 9 heteroatoms. The molecule has 4 atom stereocenters. The number of primary amides is 1. The molecule has 1 aromatic rings. The van der Waals surface area contributed by atoms with Crippen LogP contribution in [0.2, 0.25) is 0 Å². The largest absolute Gasteiger partial charge is 0.493 e.